The lowest BCUT2D eigenvalue weighted by atomic mass is 9.94. The fourth-order valence-electron chi connectivity index (χ4n) is 3.29. The number of rotatable bonds is 2. The summed E-state index contributed by atoms with van der Waals surface area (Å²) in [7, 11) is 0. The zero-order chi connectivity index (χ0) is 14.2. The predicted molar refractivity (Wildman–Crippen MR) is 73.3 cm³/mol. The van der Waals surface area contributed by atoms with Crippen molar-refractivity contribution in [1.29, 1.82) is 0 Å². The standard InChI is InChI=1S/C15H19NO4/c1-11-14(12-7-3-4-8-13(12)16(17)18)20-15(19-11)9-5-2-6-10-15/h3-4,7-8,11,14H,2,5-6,9-10H2,1H3/t11-,14+/m0/s1. The van der Waals surface area contributed by atoms with Crippen molar-refractivity contribution in [2.75, 3.05) is 0 Å². The van der Waals surface area contributed by atoms with Crippen LogP contribution in [-0.4, -0.2) is 16.8 Å². The molecule has 0 N–H and O–H groups in total. The third-order valence-corrected chi connectivity index (χ3v) is 4.22. The molecule has 1 spiro atoms. The highest BCUT2D eigenvalue weighted by Crippen LogP contribution is 2.47. The number of para-hydroxylation sites is 1. The highest BCUT2D eigenvalue weighted by molar-refractivity contribution is 5.42. The van der Waals surface area contributed by atoms with Crippen molar-refractivity contribution in [3.05, 3.63) is 39.9 Å². The van der Waals surface area contributed by atoms with E-state index < -0.39 is 5.79 Å². The summed E-state index contributed by atoms with van der Waals surface area (Å²) in [4.78, 5) is 10.8. The van der Waals surface area contributed by atoms with Crippen molar-refractivity contribution >= 4 is 5.69 Å². The van der Waals surface area contributed by atoms with Crippen LogP contribution < -0.4 is 0 Å². The van der Waals surface area contributed by atoms with Crippen LogP contribution in [0.3, 0.4) is 0 Å². The lowest BCUT2D eigenvalue weighted by molar-refractivity contribution is -0.386. The SMILES string of the molecule is C[C@@H]1OC2(CCCCC2)O[C@H]1c1ccccc1[N+](=O)[O-]. The average Bonchev–Trinajstić information content (AvgIpc) is 2.76. The first-order chi connectivity index (χ1) is 9.61. The van der Waals surface area contributed by atoms with Gasteiger partial charge in [0.2, 0.25) is 0 Å². The third-order valence-electron chi connectivity index (χ3n) is 4.22. The molecule has 1 aliphatic carbocycles. The molecule has 108 valence electrons. The largest absolute Gasteiger partial charge is 0.344 e. The first kappa shape index (κ1) is 13.5. The highest BCUT2D eigenvalue weighted by Gasteiger charge is 2.48. The molecule has 3 rings (SSSR count). The lowest BCUT2D eigenvalue weighted by Crippen LogP contribution is -2.33. The van der Waals surface area contributed by atoms with Gasteiger partial charge in [0.15, 0.2) is 5.79 Å². The molecule has 0 amide bonds. The molecule has 5 nitrogen and oxygen atoms in total. The fraction of sp³-hybridized carbons (Fsp3) is 0.600. The monoisotopic (exact) mass is 277 g/mol. The van der Waals surface area contributed by atoms with Crippen LogP contribution in [-0.2, 0) is 9.47 Å². The maximum Gasteiger partial charge on any atom is 0.275 e. The van der Waals surface area contributed by atoms with Gasteiger partial charge in [0.25, 0.3) is 5.69 Å². The number of nitrogens with zero attached hydrogens (tertiary/aromatic N) is 1. The Morgan fingerprint density at radius 1 is 1.20 bits per heavy atom. The normalized spacial score (nSPS) is 28.6. The van der Waals surface area contributed by atoms with Crippen LogP contribution in [0.2, 0.25) is 0 Å². The molecule has 2 atom stereocenters. The zero-order valence-corrected chi connectivity index (χ0v) is 11.6. The number of nitro groups is 1. The van der Waals surface area contributed by atoms with Crippen molar-refractivity contribution in [3.8, 4) is 0 Å². The van der Waals surface area contributed by atoms with E-state index in [0.29, 0.717) is 5.56 Å². The van der Waals surface area contributed by atoms with E-state index in [9.17, 15) is 10.1 Å². The van der Waals surface area contributed by atoms with Crippen LogP contribution in [0.5, 0.6) is 0 Å². The first-order valence-corrected chi connectivity index (χ1v) is 7.20. The van der Waals surface area contributed by atoms with Gasteiger partial charge in [0, 0.05) is 18.9 Å². The Labute approximate surface area is 118 Å². The number of ether oxygens (including phenoxy) is 2. The summed E-state index contributed by atoms with van der Waals surface area (Å²) in [5, 5.41) is 11.2. The van der Waals surface area contributed by atoms with E-state index >= 15 is 0 Å². The van der Waals surface area contributed by atoms with Crippen molar-refractivity contribution < 1.29 is 14.4 Å². The van der Waals surface area contributed by atoms with Crippen LogP contribution in [0.15, 0.2) is 24.3 Å². The molecule has 2 fully saturated rings. The molecule has 1 aromatic carbocycles. The molecule has 5 heteroatoms. The molecule has 0 aromatic heterocycles. The number of nitro benzene ring substituents is 1. The minimum absolute atomic E-state index is 0.112. The van der Waals surface area contributed by atoms with Gasteiger partial charge >= 0.3 is 0 Å². The Kier molecular flexibility index (Phi) is 3.48. The molecular formula is C15H19NO4. The van der Waals surface area contributed by atoms with Crippen LogP contribution in [0.1, 0.15) is 50.7 Å². The van der Waals surface area contributed by atoms with E-state index in [1.807, 2.05) is 13.0 Å². The summed E-state index contributed by atoms with van der Waals surface area (Å²) in [6, 6.07) is 6.78. The van der Waals surface area contributed by atoms with E-state index in [-0.39, 0.29) is 22.8 Å². The number of hydrogen-bond acceptors (Lipinski definition) is 4. The second kappa shape index (κ2) is 5.14. The van der Waals surface area contributed by atoms with E-state index in [0.717, 1.165) is 25.7 Å². The van der Waals surface area contributed by atoms with E-state index in [1.165, 1.54) is 12.5 Å². The molecule has 1 saturated carbocycles. The average molecular weight is 277 g/mol. The zero-order valence-electron chi connectivity index (χ0n) is 11.6. The van der Waals surface area contributed by atoms with Crippen molar-refractivity contribution in [2.24, 2.45) is 0 Å². The van der Waals surface area contributed by atoms with Gasteiger partial charge in [0.05, 0.1) is 16.6 Å². The minimum atomic E-state index is -0.522. The fourth-order valence-corrected chi connectivity index (χ4v) is 3.29. The molecule has 1 heterocycles. The smallest absolute Gasteiger partial charge is 0.275 e. The Bertz CT molecular complexity index is 510. The van der Waals surface area contributed by atoms with Crippen LogP contribution in [0, 0.1) is 10.1 Å². The van der Waals surface area contributed by atoms with Crippen molar-refractivity contribution in [2.45, 2.75) is 57.0 Å². The van der Waals surface area contributed by atoms with Gasteiger partial charge in [-0.05, 0) is 25.8 Å². The molecule has 1 aromatic rings. The molecular weight excluding hydrogens is 258 g/mol. The summed E-state index contributed by atoms with van der Waals surface area (Å²) in [6.07, 6.45) is 4.65. The first-order valence-electron chi connectivity index (χ1n) is 7.20. The van der Waals surface area contributed by atoms with E-state index in [1.54, 1.807) is 12.1 Å². The van der Waals surface area contributed by atoms with Gasteiger partial charge in [-0.25, -0.2) is 0 Å². The molecule has 1 saturated heterocycles. The number of hydrogen-bond donors (Lipinski definition) is 0. The molecule has 1 aliphatic heterocycles. The third kappa shape index (κ3) is 2.31. The topological polar surface area (TPSA) is 61.6 Å². The van der Waals surface area contributed by atoms with Gasteiger partial charge in [0.1, 0.15) is 6.10 Å². The summed E-state index contributed by atoms with van der Waals surface area (Å²) in [5.41, 5.74) is 0.730. The van der Waals surface area contributed by atoms with Gasteiger partial charge in [-0.2, -0.15) is 0 Å². The second-order valence-corrected chi connectivity index (χ2v) is 5.65. The lowest BCUT2D eigenvalue weighted by Gasteiger charge is -2.31. The van der Waals surface area contributed by atoms with Crippen LogP contribution in [0.4, 0.5) is 5.69 Å². The molecule has 0 radical (unpaired) electrons. The summed E-state index contributed by atoms with van der Waals surface area (Å²) in [6.45, 7) is 1.94. The molecule has 20 heavy (non-hydrogen) atoms. The quantitative estimate of drug-likeness (QED) is 0.610. The number of benzene rings is 1. The van der Waals surface area contributed by atoms with E-state index in [4.69, 9.17) is 9.47 Å². The van der Waals surface area contributed by atoms with Crippen LogP contribution in [0.25, 0.3) is 0 Å². The van der Waals surface area contributed by atoms with Crippen molar-refractivity contribution in [1.82, 2.24) is 0 Å². The van der Waals surface area contributed by atoms with Gasteiger partial charge in [-0.15, -0.1) is 0 Å². The highest BCUT2D eigenvalue weighted by atomic mass is 16.8. The van der Waals surface area contributed by atoms with Gasteiger partial charge in [-0.1, -0.05) is 18.6 Å². The second-order valence-electron chi connectivity index (χ2n) is 5.65. The van der Waals surface area contributed by atoms with E-state index in [2.05, 4.69) is 0 Å². The maximum atomic E-state index is 11.2. The Balaban J connectivity index is 1.89. The minimum Gasteiger partial charge on any atom is -0.344 e. The molecule has 0 bridgehead atoms. The summed E-state index contributed by atoms with van der Waals surface area (Å²) >= 11 is 0. The van der Waals surface area contributed by atoms with Gasteiger partial charge in [-0.3, -0.25) is 10.1 Å². The maximum absolute atomic E-state index is 11.2. The molecule has 2 aliphatic rings. The summed E-state index contributed by atoms with van der Waals surface area (Å²) < 4.78 is 12.2. The Morgan fingerprint density at radius 3 is 2.60 bits per heavy atom. The summed E-state index contributed by atoms with van der Waals surface area (Å²) in [5.74, 6) is -0.522. The van der Waals surface area contributed by atoms with Crippen molar-refractivity contribution in [3.63, 3.8) is 0 Å². The molecule has 0 unspecified atom stereocenters. The van der Waals surface area contributed by atoms with Gasteiger partial charge < -0.3 is 9.47 Å². The predicted octanol–water partition coefficient (Wildman–Crippen LogP) is 3.73. The Hall–Kier alpha value is -1.46. The van der Waals surface area contributed by atoms with Crippen LogP contribution >= 0.6 is 0 Å². The Morgan fingerprint density at radius 2 is 1.90 bits per heavy atom.